The molecule has 50 valence electrons. The molecule has 0 saturated heterocycles. The molecule has 0 heterocycles. The van der Waals surface area contributed by atoms with Crippen LogP contribution in [0.2, 0.25) is 0 Å². The minimum Gasteiger partial charge on any atom is -0.365 e. The van der Waals surface area contributed by atoms with Gasteiger partial charge in [-0.3, -0.25) is 0 Å². The maximum absolute atomic E-state index is 9.87. The molecule has 0 aromatic rings. The number of primary amides is 1. The number of hydrazone groups is 1. The molecule has 0 atom stereocenters. The number of hydrogen-bond donors (Lipinski definition) is 4. The Bertz CT molecular complexity index is 149. The van der Waals surface area contributed by atoms with Crippen LogP contribution in [0.25, 0.3) is 0 Å². The number of nitrogens with two attached hydrogens (primary N) is 2. The summed E-state index contributed by atoms with van der Waals surface area (Å²) in [5.74, 6) is -0.353. The first-order valence-corrected chi connectivity index (χ1v) is 1.93. The number of nitrogens with zero attached hydrogens (tertiary/aromatic N) is 2. The van der Waals surface area contributed by atoms with E-state index >= 15 is 0 Å². The number of amides is 2. The number of carbonyl (C=O) groups excluding carboxylic acids is 1. The van der Waals surface area contributed by atoms with Gasteiger partial charge in [-0.15, -0.1) is 10.2 Å². The summed E-state index contributed by atoms with van der Waals surface area (Å²) in [6.45, 7) is 0. The summed E-state index contributed by atoms with van der Waals surface area (Å²) in [4.78, 5) is 9.87. The predicted molar refractivity (Wildman–Crippen MR) is 29.5 cm³/mol. The lowest BCUT2D eigenvalue weighted by Gasteiger charge is -1.89. The van der Waals surface area contributed by atoms with E-state index in [9.17, 15) is 4.79 Å². The summed E-state index contributed by atoms with van der Waals surface area (Å²) in [5, 5.41) is 5.73. The number of rotatable bonds is 1. The Hall–Kier alpha value is -1.66. The molecule has 6 N–H and O–H groups in total. The highest BCUT2D eigenvalue weighted by Crippen LogP contribution is 1.64. The molecule has 0 bridgehead atoms. The Morgan fingerprint density at radius 2 is 2.11 bits per heavy atom. The lowest BCUT2D eigenvalue weighted by molar-refractivity contribution is 0.249. The van der Waals surface area contributed by atoms with Gasteiger partial charge in [0.25, 0.3) is 5.96 Å². The van der Waals surface area contributed by atoms with Crippen LogP contribution in [0, 0.1) is 5.53 Å². The molecule has 0 radical (unpaired) electrons. The first kappa shape index (κ1) is 7.34. The predicted octanol–water partition coefficient (Wildman–Crippen LogP) is -1.08. The fourth-order valence-corrected chi connectivity index (χ4v) is 0.137. The van der Waals surface area contributed by atoms with E-state index in [4.69, 9.17) is 11.3 Å². The molecule has 7 heteroatoms. The summed E-state index contributed by atoms with van der Waals surface area (Å²) in [5.41, 5.74) is 17.4. The number of urea groups is 1. The minimum absolute atomic E-state index is 0.353. The standard InChI is InChI=1S/C2H6N6O/c3-1(6-5)7-8-2(4)9/h5H,(H2,3,7)(H3,4,8,9). The smallest absolute Gasteiger partial charge is 0.332 e. The van der Waals surface area contributed by atoms with Gasteiger partial charge in [0.1, 0.15) is 0 Å². The zero-order valence-electron chi connectivity index (χ0n) is 4.46. The normalized spacial score (nSPS) is 10.4. The van der Waals surface area contributed by atoms with Crippen molar-refractivity contribution in [1.29, 1.82) is 5.53 Å². The maximum atomic E-state index is 9.87. The van der Waals surface area contributed by atoms with Crippen LogP contribution in [-0.4, -0.2) is 12.0 Å². The summed E-state index contributed by atoms with van der Waals surface area (Å²) in [6.07, 6.45) is 0. The third-order valence-corrected chi connectivity index (χ3v) is 0.395. The highest BCUT2D eigenvalue weighted by molar-refractivity contribution is 5.80. The van der Waals surface area contributed by atoms with Crippen molar-refractivity contribution in [3.63, 3.8) is 0 Å². The third-order valence-electron chi connectivity index (χ3n) is 0.395. The van der Waals surface area contributed by atoms with Crippen LogP contribution in [0.4, 0.5) is 4.79 Å². The van der Waals surface area contributed by atoms with Gasteiger partial charge in [-0.05, 0) is 0 Å². The SMILES string of the molecule is N=NC(N)=NNC(N)=O. The number of carbonyl (C=O) groups is 1. The molecule has 0 spiro atoms. The fraction of sp³-hybridized carbons (Fsp3) is 0. The Morgan fingerprint density at radius 3 is 2.44 bits per heavy atom. The molecule has 0 aliphatic carbocycles. The summed E-state index contributed by atoms with van der Waals surface area (Å²) in [6, 6.07) is -0.846. The Morgan fingerprint density at radius 1 is 1.56 bits per heavy atom. The minimum atomic E-state index is -0.846. The number of hydrogen-bond acceptors (Lipinski definition) is 3. The summed E-state index contributed by atoms with van der Waals surface area (Å²) < 4.78 is 0. The van der Waals surface area contributed by atoms with Crippen molar-refractivity contribution in [2.24, 2.45) is 21.7 Å². The third kappa shape index (κ3) is 4.19. The van der Waals surface area contributed by atoms with Crippen LogP contribution in [0.5, 0.6) is 0 Å². The molecular weight excluding hydrogens is 124 g/mol. The first-order chi connectivity index (χ1) is 4.16. The molecule has 9 heavy (non-hydrogen) atoms. The molecule has 0 aliphatic heterocycles. The highest BCUT2D eigenvalue weighted by Gasteiger charge is 1.86. The lowest BCUT2D eigenvalue weighted by Crippen LogP contribution is -2.27. The van der Waals surface area contributed by atoms with Gasteiger partial charge in [-0.1, -0.05) is 0 Å². The van der Waals surface area contributed by atoms with Crippen molar-refractivity contribution >= 4 is 12.0 Å². The monoisotopic (exact) mass is 130 g/mol. The Balaban J connectivity index is 3.69. The van der Waals surface area contributed by atoms with E-state index in [-0.39, 0.29) is 5.96 Å². The average Bonchev–Trinajstić information content (AvgIpc) is 1.83. The van der Waals surface area contributed by atoms with Crippen molar-refractivity contribution in [3.05, 3.63) is 0 Å². The number of nitrogens with one attached hydrogen (secondary N) is 2. The fourth-order valence-electron chi connectivity index (χ4n) is 0.137. The van der Waals surface area contributed by atoms with Crippen molar-refractivity contribution in [1.82, 2.24) is 5.43 Å². The Kier molecular flexibility index (Phi) is 2.74. The zero-order chi connectivity index (χ0) is 7.28. The second-order valence-corrected chi connectivity index (χ2v) is 1.06. The van der Waals surface area contributed by atoms with Gasteiger partial charge >= 0.3 is 6.03 Å². The van der Waals surface area contributed by atoms with Crippen LogP contribution in [0.3, 0.4) is 0 Å². The van der Waals surface area contributed by atoms with Crippen LogP contribution >= 0.6 is 0 Å². The second-order valence-electron chi connectivity index (χ2n) is 1.06. The molecule has 7 nitrogen and oxygen atoms in total. The van der Waals surface area contributed by atoms with Crippen LogP contribution in [0.15, 0.2) is 10.2 Å². The molecule has 0 saturated carbocycles. The van der Waals surface area contributed by atoms with Gasteiger partial charge in [0, 0.05) is 0 Å². The molecule has 2 amide bonds. The number of guanidine groups is 1. The van der Waals surface area contributed by atoms with Gasteiger partial charge in [0.05, 0.1) is 0 Å². The van der Waals surface area contributed by atoms with Crippen molar-refractivity contribution in [3.8, 4) is 0 Å². The maximum Gasteiger partial charge on any atom is 0.332 e. The zero-order valence-corrected chi connectivity index (χ0v) is 4.46. The van der Waals surface area contributed by atoms with Gasteiger partial charge in [0.15, 0.2) is 0 Å². The average molecular weight is 130 g/mol. The lowest BCUT2D eigenvalue weighted by atomic mass is 11.1. The molecule has 0 aromatic carbocycles. The van der Waals surface area contributed by atoms with Gasteiger partial charge < -0.3 is 11.5 Å². The van der Waals surface area contributed by atoms with Gasteiger partial charge in [-0.25, -0.2) is 15.8 Å². The summed E-state index contributed by atoms with van der Waals surface area (Å²) in [7, 11) is 0. The van der Waals surface area contributed by atoms with Crippen molar-refractivity contribution in [2.45, 2.75) is 0 Å². The highest BCUT2D eigenvalue weighted by atomic mass is 16.2. The molecule has 0 aliphatic rings. The molecule has 0 unspecified atom stereocenters. The second kappa shape index (κ2) is 3.36. The van der Waals surface area contributed by atoms with Gasteiger partial charge in [-0.2, -0.15) is 0 Å². The van der Waals surface area contributed by atoms with Crippen LogP contribution < -0.4 is 16.9 Å². The van der Waals surface area contributed by atoms with E-state index in [2.05, 4.69) is 15.9 Å². The quantitative estimate of drug-likeness (QED) is 0.156. The van der Waals surface area contributed by atoms with Crippen LogP contribution in [0.1, 0.15) is 0 Å². The first-order valence-electron chi connectivity index (χ1n) is 1.93. The van der Waals surface area contributed by atoms with Crippen molar-refractivity contribution in [2.75, 3.05) is 0 Å². The van der Waals surface area contributed by atoms with E-state index in [0.717, 1.165) is 0 Å². The van der Waals surface area contributed by atoms with E-state index in [1.165, 1.54) is 0 Å². The summed E-state index contributed by atoms with van der Waals surface area (Å²) >= 11 is 0. The topological polar surface area (TPSA) is 130 Å². The van der Waals surface area contributed by atoms with Crippen LogP contribution in [-0.2, 0) is 0 Å². The van der Waals surface area contributed by atoms with E-state index in [1.54, 1.807) is 5.43 Å². The van der Waals surface area contributed by atoms with E-state index in [0.29, 0.717) is 0 Å². The van der Waals surface area contributed by atoms with E-state index in [1.807, 2.05) is 0 Å². The Labute approximate surface area is 50.6 Å². The molecule has 0 rings (SSSR count). The van der Waals surface area contributed by atoms with E-state index < -0.39 is 6.03 Å². The van der Waals surface area contributed by atoms with Crippen molar-refractivity contribution < 1.29 is 4.79 Å². The molecule has 0 aromatic heterocycles. The van der Waals surface area contributed by atoms with Gasteiger partial charge in [0.2, 0.25) is 0 Å². The largest absolute Gasteiger partial charge is 0.365 e. The molecular formula is C2H6N6O. The molecule has 0 fully saturated rings.